The van der Waals surface area contributed by atoms with Gasteiger partial charge >= 0.3 is 0 Å². The van der Waals surface area contributed by atoms with Gasteiger partial charge in [-0.2, -0.15) is 0 Å². The second kappa shape index (κ2) is 6.56. The van der Waals surface area contributed by atoms with Crippen molar-refractivity contribution in [2.75, 3.05) is 0 Å². The maximum Gasteiger partial charge on any atom is 0.244 e. The number of rotatable bonds is 6. The molecule has 2 unspecified atom stereocenters. The summed E-state index contributed by atoms with van der Waals surface area (Å²) in [7, 11) is 0. The fourth-order valence-electron chi connectivity index (χ4n) is 1.04. The summed E-state index contributed by atoms with van der Waals surface area (Å²) in [6.07, 6.45) is 1.79. The highest BCUT2D eigenvalue weighted by Gasteiger charge is 2.12. The molecule has 0 fully saturated rings. The van der Waals surface area contributed by atoms with Crippen LogP contribution in [-0.2, 0) is 4.79 Å². The first kappa shape index (κ1) is 13.1. The lowest BCUT2D eigenvalue weighted by Crippen LogP contribution is -2.24. The summed E-state index contributed by atoms with van der Waals surface area (Å²) in [6.45, 7) is 3.43. The molecule has 0 bridgehead atoms. The first-order chi connectivity index (χ1) is 6.49. The monoisotopic (exact) mass is 201 g/mol. The van der Waals surface area contributed by atoms with Gasteiger partial charge in [0.2, 0.25) is 5.91 Å². The van der Waals surface area contributed by atoms with Crippen molar-refractivity contribution in [3.8, 4) is 0 Å². The van der Waals surface area contributed by atoms with Crippen LogP contribution in [-0.4, -0.2) is 28.3 Å². The highest BCUT2D eigenvalue weighted by atomic mass is 16.3. The third-order valence-corrected chi connectivity index (χ3v) is 2.16. The van der Waals surface area contributed by atoms with Crippen LogP contribution >= 0.6 is 0 Å². The molecule has 4 nitrogen and oxygen atoms in total. The van der Waals surface area contributed by atoms with E-state index in [0.717, 1.165) is 0 Å². The van der Waals surface area contributed by atoms with Crippen molar-refractivity contribution in [2.24, 2.45) is 5.73 Å². The Hall–Kier alpha value is -0.870. The van der Waals surface area contributed by atoms with E-state index in [1.165, 1.54) is 0 Å². The Morgan fingerprint density at radius 1 is 1.43 bits per heavy atom. The van der Waals surface area contributed by atoms with Crippen LogP contribution < -0.4 is 5.73 Å². The molecular formula is C10H19NO3. The molecule has 1 amide bonds. The summed E-state index contributed by atoms with van der Waals surface area (Å²) in [5.41, 5.74) is 5.51. The summed E-state index contributed by atoms with van der Waals surface area (Å²) >= 11 is 0. The lowest BCUT2D eigenvalue weighted by atomic mass is 10.1. The highest BCUT2D eigenvalue weighted by molar-refractivity contribution is 5.91. The number of carbonyl (C=O) groups excluding carboxylic acids is 1. The molecule has 0 aromatic heterocycles. The van der Waals surface area contributed by atoms with Gasteiger partial charge in [0.25, 0.3) is 0 Å². The van der Waals surface area contributed by atoms with Gasteiger partial charge in [-0.25, -0.2) is 0 Å². The van der Waals surface area contributed by atoms with Gasteiger partial charge < -0.3 is 15.9 Å². The summed E-state index contributed by atoms with van der Waals surface area (Å²) < 4.78 is 0. The van der Waals surface area contributed by atoms with Crippen LogP contribution in [0.2, 0.25) is 0 Å². The number of primary amides is 1. The molecule has 0 heterocycles. The van der Waals surface area contributed by atoms with Gasteiger partial charge in [-0.15, -0.1) is 0 Å². The van der Waals surface area contributed by atoms with Crippen molar-refractivity contribution in [1.82, 2.24) is 0 Å². The van der Waals surface area contributed by atoms with E-state index in [4.69, 9.17) is 5.73 Å². The second-order valence-corrected chi connectivity index (χ2v) is 3.37. The van der Waals surface area contributed by atoms with Crippen molar-refractivity contribution < 1.29 is 15.0 Å². The maximum absolute atomic E-state index is 10.6. The van der Waals surface area contributed by atoms with Crippen LogP contribution in [0.4, 0.5) is 0 Å². The van der Waals surface area contributed by atoms with E-state index < -0.39 is 18.1 Å². The fourth-order valence-corrected chi connectivity index (χ4v) is 1.04. The molecule has 0 saturated carbocycles. The van der Waals surface area contributed by atoms with E-state index in [2.05, 4.69) is 0 Å². The zero-order chi connectivity index (χ0) is 11.1. The molecule has 0 spiro atoms. The van der Waals surface area contributed by atoms with E-state index in [0.29, 0.717) is 24.8 Å². The molecule has 0 saturated heterocycles. The van der Waals surface area contributed by atoms with Crippen molar-refractivity contribution in [3.63, 3.8) is 0 Å². The van der Waals surface area contributed by atoms with E-state index >= 15 is 0 Å². The fraction of sp³-hybridized carbons (Fsp3) is 0.700. The standard InChI is InChI=1S/C10H19NO3/c1-3-8(12)9(13)6-4-5-7(2)10(11)14/h5,8-9,12-13H,3-4,6H2,1-2H3,(H2,11,14). The van der Waals surface area contributed by atoms with Gasteiger partial charge in [0.05, 0.1) is 12.2 Å². The van der Waals surface area contributed by atoms with Crippen LogP contribution in [0.1, 0.15) is 33.1 Å². The zero-order valence-electron chi connectivity index (χ0n) is 8.73. The number of amides is 1. The maximum atomic E-state index is 10.6. The normalized spacial score (nSPS) is 16.4. The van der Waals surface area contributed by atoms with E-state index in [9.17, 15) is 15.0 Å². The number of nitrogens with two attached hydrogens (primary N) is 1. The van der Waals surface area contributed by atoms with Crippen molar-refractivity contribution in [2.45, 2.75) is 45.3 Å². The lowest BCUT2D eigenvalue weighted by molar-refractivity contribution is -0.114. The van der Waals surface area contributed by atoms with Gasteiger partial charge in [-0.1, -0.05) is 13.0 Å². The number of allylic oxidation sites excluding steroid dienone is 1. The Morgan fingerprint density at radius 2 is 2.00 bits per heavy atom. The van der Waals surface area contributed by atoms with E-state index in [1.807, 2.05) is 0 Å². The number of hydrogen-bond donors (Lipinski definition) is 3. The average Bonchev–Trinajstić information content (AvgIpc) is 2.15. The highest BCUT2D eigenvalue weighted by Crippen LogP contribution is 2.07. The first-order valence-corrected chi connectivity index (χ1v) is 4.81. The van der Waals surface area contributed by atoms with E-state index in [1.54, 1.807) is 19.9 Å². The summed E-state index contributed by atoms with van der Waals surface area (Å²) in [5.74, 6) is -0.449. The number of hydrogen-bond acceptors (Lipinski definition) is 3. The molecule has 0 aromatic rings. The molecule has 0 aliphatic rings. The molecule has 0 rings (SSSR count). The van der Waals surface area contributed by atoms with Crippen LogP contribution in [0.3, 0.4) is 0 Å². The summed E-state index contributed by atoms with van der Waals surface area (Å²) in [5, 5.41) is 18.6. The Balaban J connectivity index is 3.84. The predicted octanol–water partition coefficient (Wildman–Crippen LogP) is 0.330. The predicted molar refractivity (Wildman–Crippen MR) is 54.5 cm³/mol. The Labute approximate surface area is 84.4 Å². The number of aliphatic hydroxyl groups is 2. The Kier molecular flexibility index (Phi) is 6.16. The molecule has 2 atom stereocenters. The molecule has 0 aliphatic heterocycles. The molecule has 0 aromatic carbocycles. The molecule has 0 radical (unpaired) electrons. The van der Waals surface area contributed by atoms with Crippen LogP contribution in [0, 0.1) is 0 Å². The van der Waals surface area contributed by atoms with Crippen molar-refractivity contribution >= 4 is 5.91 Å². The lowest BCUT2D eigenvalue weighted by Gasteiger charge is -2.14. The molecule has 4 heteroatoms. The minimum absolute atomic E-state index is 0.444. The van der Waals surface area contributed by atoms with Gasteiger partial charge in [0, 0.05) is 5.57 Å². The number of aliphatic hydroxyl groups excluding tert-OH is 2. The molecule has 4 N–H and O–H groups in total. The van der Waals surface area contributed by atoms with Crippen molar-refractivity contribution in [1.29, 1.82) is 0 Å². The Bertz CT molecular complexity index is 213. The quantitative estimate of drug-likeness (QED) is 0.541. The molecule has 82 valence electrons. The minimum Gasteiger partial charge on any atom is -0.390 e. The first-order valence-electron chi connectivity index (χ1n) is 4.81. The van der Waals surface area contributed by atoms with Gasteiger partial charge in [0.15, 0.2) is 0 Å². The third-order valence-electron chi connectivity index (χ3n) is 2.16. The minimum atomic E-state index is -0.725. The third kappa shape index (κ3) is 4.99. The summed E-state index contributed by atoms with van der Waals surface area (Å²) in [4.78, 5) is 10.6. The SMILES string of the molecule is CCC(O)C(O)CCC=C(C)C(N)=O. The molecule has 0 aliphatic carbocycles. The van der Waals surface area contributed by atoms with Gasteiger partial charge in [0.1, 0.15) is 0 Å². The van der Waals surface area contributed by atoms with Crippen LogP contribution in [0.25, 0.3) is 0 Å². The topological polar surface area (TPSA) is 83.6 Å². The molecular weight excluding hydrogens is 182 g/mol. The summed E-state index contributed by atoms with van der Waals surface area (Å²) in [6, 6.07) is 0. The Morgan fingerprint density at radius 3 is 2.43 bits per heavy atom. The molecule has 14 heavy (non-hydrogen) atoms. The van der Waals surface area contributed by atoms with Gasteiger partial charge in [-0.05, 0) is 26.2 Å². The largest absolute Gasteiger partial charge is 0.390 e. The van der Waals surface area contributed by atoms with Gasteiger partial charge in [-0.3, -0.25) is 4.79 Å². The second-order valence-electron chi connectivity index (χ2n) is 3.37. The zero-order valence-corrected chi connectivity index (χ0v) is 8.73. The van der Waals surface area contributed by atoms with Crippen LogP contribution in [0.5, 0.6) is 0 Å². The average molecular weight is 201 g/mol. The van der Waals surface area contributed by atoms with E-state index in [-0.39, 0.29) is 0 Å². The van der Waals surface area contributed by atoms with Crippen LogP contribution in [0.15, 0.2) is 11.6 Å². The van der Waals surface area contributed by atoms with Crippen molar-refractivity contribution in [3.05, 3.63) is 11.6 Å². The number of carbonyl (C=O) groups is 1. The smallest absolute Gasteiger partial charge is 0.244 e.